The number of anilines is 1. The highest BCUT2D eigenvalue weighted by Crippen LogP contribution is 2.33. The standard InChI is InChI=1S/C18H20N4O2/c1-24-14-5-4-13(11-6-8-19-9-7-11)16-17(14)21-15(10-20-16)22-18(23)12-2-3-12/h4-6,10,12,19H,2-3,7-9H2,1H3,(H,21,22,23). The van der Waals surface area contributed by atoms with Gasteiger partial charge in [0, 0.05) is 18.0 Å². The van der Waals surface area contributed by atoms with Gasteiger partial charge in [0.2, 0.25) is 5.91 Å². The van der Waals surface area contributed by atoms with Gasteiger partial charge in [-0.3, -0.25) is 4.79 Å². The molecule has 0 radical (unpaired) electrons. The van der Waals surface area contributed by atoms with Crippen LogP contribution in [0.15, 0.2) is 24.4 Å². The van der Waals surface area contributed by atoms with E-state index in [1.54, 1.807) is 13.3 Å². The van der Waals surface area contributed by atoms with Gasteiger partial charge in [-0.2, -0.15) is 0 Å². The monoisotopic (exact) mass is 324 g/mol. The van der Waals surface area contributed by atoms with E-state index in [2.05, 4.69) is 26.7 Å². The number of aromatic nitrogens is 2. The van der Waals surface area contributed by atoms with Gasteiger partial charge in [-0.1, -0.05) is 6.08 Å². The van der Waals surface area contributed by atoms with Gasteiger partial charge in [-0.05, 0) is 43.5 Å². The number of fused-ring (bicyclic) bond motifs is 1. The van der Waals surface area contributed by atoms with Crippen LogP contribution in [-0.2, 0) is 4.79 Å². The molecule has 1 aromatic carbocycles. The van der Waals surface area contributed by atoms with Crippen molar-refractivity contribution in [2.24, 2.45) is 5.92 Å². The Balaban J connectivity index is 1.76. The number of hydrogen-bond donors (Lipinski definition) is 2. The number of nitrogens with one attached hydrogen (secondary N) is 2. The van der Waals surface area contributed by atoms with Crippen molar-refractivity contribution in [3.63, 3.8) is 0 Å². The molecule has 0 saturated heterocycles. The average Bonchev–Trinajstić information content (AvgIpc) is 3.46. The zero-order valence-electron chi connectivity index (χ0n) is 13.6. The molecule has 1 aliphatic heterocycles. The van der Waals surface area contributed by atoms with Crippen molar-refractivity contribution in [2.75, 3.05) is 25.5 Å². The highest BCUT2D eigenvalue weighted by atomic mass is 16.5. The normalized spacial score (nSPS) is 17.5. The molecular weight excluding hydrogens is 304 g/mol. The molecule has 0 unspecified atom stereocenters. The van der Waals surface area contributed by atoms with E-state index in [-0.39, 0.29) is 11.8 Å². The molecule has 2 aromatic rings. The predicted molar refractivity (Wildman–Crippen MR) is 92.9 cm³/mol. The molecule has 2 N–H and O–H groups in total. The lowest BCUT2D eigenvalue weighted by Crippen LogP contribution is -2.20. The highest BCUT2D eigenvalue weighted by molar-refractivity contribution is 5.96. The lowest BCUT2D eigenvalue weighted by molar-refractivity contribution is -0.117. The molecule has 1 amide bonds. The van der Waals surface area contributed by atoms with Crippen LogP contribution in [-0.4, -0.2) is 36.1 Å². The van der Waals surface area contributed by atoms with Gasteiger partial charge in [0.1, 0.15) is 16.8 Å². The first-order valence-corrected chi connectivity index (χ1v) is 8.31. The van der Waals surface area contributed by atoms with E-state index >= 15 is 0 Å². The molecule has 6 heteroatoms. The Bertz CT molecular complexity index is 827. The number of ether oxygens (including phenoxy) is 1. The predicted octanol–water partition coefficient (Wildman–Crippen LogP) is 2.36. The summed E-state index contributed by atoms with van der Waals surface area (Å²) in [6.45, 7) is 1.83. The molecule has 0 spiro atoms. The summed E-state index contributed by atoms with van der Waals surface area (Å²) in [6.07, 6.45) is 6.71. The van der Waals surface area contributed by atoms with E-state index in [0.29, 0.717) is 17.1 Å². The van der Waals surface area contributed by atoms with Crippen molar-refractivity contribution in [2.45, 2.75) is 19.3 Å². The van der Waals surface area contributed by atoms with Gasteiger partial charge in [-0.25, -0.2) is 9.97 Å². The number of benzene rings is 1. The first-order valence-electron chi connectivity index (χ1n) is 8.31. The summed E-state index contributed by atoms with van der Waals surface area (Å²) in [5.41, 5.74) is 3.85. The van der Waals surface area contributed by atoms with Crippen LogP contribution < -0.4 is 15.4 Å². The van der Waals surface area contributed by atoms with E-state index in [9.17, 15) is 4.79 Å². The van der Waals surface area contributed by atoms with Crippen LogP contribution in [0.1, 0.15) is 24.8 Å². The Morgan fingerprint density at radius 2 is 2.21 bits per heavy atom. The molecule has 6 nitrogen and oxygen atoms in total. The maximum atomic E-state index is 12.0. The molecule has 1 aromatic heterocycles. The van der Waals surface area contributed by atoms with Crippen molar-refractivity contribution >= 4 is 28.3 Å². The van der Waals surface area contributed by atoms with Crippen LogP contribution in [0.2, 0.25) is 0 Å². The topological polar surface area (TPSA) is 76.1 Å². The summed E-state index contributed by atoms with van der Waals surface area (Å²) in [4.78, 5) is 21.1. The number of carbonyl (C=O) groups excluding carboxylic acids is 1. The second-order valence-electron chi connectivity index (χ2n) is 6.21. The third kappa shape index (κ3) is 2.85. The largest absolute Gasteiger partial charge is 0.494 e. The Hall–Kier alpha value is -2.47. The molecule has 124 valence electrons. The van der Waals surface area contributed by atoms with Gasteiger partial charge in [0.15, 0.2) is 5.82 Å². The molecule has 4 rings (SSSR count). The Morgan fingerprint density at radius 1 is 1.33 bits per heavy atom. The van der Waals surface area contributed by atoms with Crippen LogP contribution in [0.25, 0.3) is 16.6 Å². The zero-order valence-corrected chi connectivity index (χ0v) is 13.6. The van der Waals surface area contributed by atoms with Crippen LogP contribution in [0.3, 0.4) is 0 Å². The van der Waals surface area contributed by atoms with Gasteiger partial charge in [-0.15, -0.1) is 0 Å². The number of rotatable bonds is 4. The Morgan fingerprint density at radius 3 is 2.92 bits per heavy atom. The number of hydrogen-bond acceptors (Lipinski definition) is 5. The molecular formula is C18H20N4O2. The average molecular weight is 324 g/mol. The molecule has 24 heavy (non-hydrogen) atoms. The van der Waals surface area contributed by atoms with Crippen LogP contribution >= 0.6 is 0 Å². The van der Waals surface area contributed by atoms with Crippen molar-refractivity contribution in [1.82, 2.24) is 15.3 Å². The lowest BCUT2D eigenvalue weighted by atomic mass is 9.98. The summed E-state index contributed by atoms with van der Waals surface area (Å²) in [6, 6.07) is 3.96. The lowest BCUT2D eigenvalue weighted by Gasteiger charge is -2.16. The number of methoxy groups -OCH3 is 1. The Kier molecular flexibility index (Phi) is 3.90. The molecule has 0 bridgehead atoms. The summed E-state index contributed by atoms with van der Waals surface area (Å²) in [5.74, 6) is 1.31. The SMILES string of the molecule is COc1ccc(C2=CCNCC2)c2ncc(NC(=O)C3CC3)nc12. The fourth-order valence-corrected chi connectivity index (χ4v) is 3.00. The summed E-state index contributed by atoms with van der Waals surface area (Å²) in [7, 11) is 1.62. The Labute approximate surface area is 140 Å². The minimum absolute atomic E-state index is 0.0276. The van der Waals surface area contributed by atoms with E-state index in [1.807, 2.05) is 12.1 Å². The summed E-state index contributed by atoms with van der Waals surface area (Å²) in [5, 5.41) is 6.17. The van der Waals surface area contributed by atoms with Crippen LogP contribution in [0.5, 0.6) is 5.75 Å². The summed E-state index contributed by atoms with van der Waals surface area (Å²) >= 11 is 0. The van der Waals surface area contributed by atoms with Gasteiger partial charge in [0.25, 0.3) is 0 Å². The second kappa shape index (κ2) is 6.20. The van der Waals surface area contributed by atoms with Crippen LogP contribution in [0, 0.1) is 5.92 Å². The fraction of sp³-hybridized carbons (Fsp3) is 0.389. The van der Waals surface area contributed by atoms with E-state index in [4.69, 9.17) is 4.74 Å². The molecule has 2 heterocycles. The van der Waals surface area contributed by atoms with E-state index in [0.717, 1.165) is 43.4 Å². The van der Waals surface area contributed by atoms with Gasteiger partial charge < -0.3 is 15.4 Å². The molecule has 0 atom stereocenters. The van der Waals surface area contributed by atoms with Crippen molar-refractivity contribution < 1.29 is 9.53 Å². The fourth-order valence-electron chi connectivity index (χ4n) is 3.00. The molecule has 1 saturated carbocycles. The maximum Gasteiger partial charge on any atom is 0.228 e. The van der Waals surface area contributed by atoms with Crippen LogP contribution in [0.4, 0.5) is 5.82 Å². The maximum absolute atomic E-state index is 12.0. The molecule has 2 aliphatic rings. The number of amides is 1. The first-order chi connectivity index (χ1) is 11.8. The molecule has 1 fully saturated rings. The van der Waals surface area contributed by atoms with Crippen molar-refractivity contribution in [3.8, 4) is 5.75 Å². The molecule has 1 aliphatic carbocycles. The smallest absolute Gasteiger partial charge is 0.228 e. The van der Waals surface area contributed by atoms with Gasteiger partial charge in [0.05, 0.1) is 13.3 Å². The van der Waals surface area contributed by atoms with Crippen molar-refractivity contribution in [1.29, 1.82) is 0 Å². The van der Waals surface area contributed by atoms with Gasteiger partial charge >= 0.3 is 0 Å². The number of carbonyl (C=O) groups is 1. The zero-order chi connectivity index (χ0) is 16.5. The second-order valence-corrected chi connectivity index (χ2v) is 6.21. The third-order valence-electron chi connectivity index (χ3n) is 4.49. The van der Waals surface area contributed by atoms with E-state index in [1.165, 1.54) is 5.57 Å². The first kappa shape index (κ1) is 15.1. The minimum Gasteiger partial charge on any atom is -0.494 e. The summed E-state index contributed by atoms with van der Waals surface area (Å²) < 4.78 is 5.44. The van der Waals surface area contributed by atoms with E-state index < -0.39 is 0 Å². The minimum atomic E-state index is 0.0276. The number of nitrogens with zero attached hydrogens (tertiary/aromatic N) is 2. The highest BCUT2D eigenvalue weighted by Gasteiger charge is 2.30. The third-order valence-corrected chi connectivity index (χ3v) is 4.49. The quantitative estimate of drug-likeness (QED) is 0.903. The van der Waals surface area contributed by atoms with Crippen molar-refractivity contribution in [3.05, 3.63) is 30.0 Å².